The number of unbranched alkanes of at least 4 members (excludes halogenated alkanes) is 5. The first-order valence-corrected chi connectivity index (χ1v) is 33.2. The molecule has 2 saturated heterocycles. The van der Waals surface area contributed by atoms with Gasteiger partial charge in [-0.15, -0.1) is 11.3 Å². The highest BCUT2D eigenvalue weighted by molar-refractivity contribution is 7.13. The lowest BCUT2D eigenvalue weighted by Gasteiger charge is -2.41. The summed E-state index contributed by atoms with van der Waals surface area (Å²) in [5.74, 6) is -0.223. The van der Waals surface area contributed by atoms with Gasteiger partial charge in [0, 0.05) is 93.6 Å². The summed E-state index contributed by atoms with van der Waals surface area (Å²) in [6.45, 7) is 17.5. The lowest BCUT2D eigenvalue weighted by molar-refractivity contribution is -0.144. The Labute approximate surface area is 548 Å². The second kappa shape index (κ2) is 34.3. The number of thiazole rings is 1. The van der Waals surface area contributed by atoms with Gasteiger partial charge in [-0.3, -0.25) is 29.3 Å². The van der Waals surface area contributed by atoms with Crippen molar-refractivity contribution in [1.29, 1.82) is 0 Å². The highest BCUT2D eigenvalue weighted by Gasteiger charge is 2.45. The Hall–Kier alpha value is -7.90. The minimum Gasteiger partial charge on any atom is -0.494 e. The molecule has 502 valence electrons. The first kappa shape index (κ1) is 71.0. The van der Waals surface area contributed by atoms with Gasteiger partial charge in [0.1, 0.15) is 34.8 Å². The molecule has 0 spiro atoms. The number of aromatic nitrogens is 5. The number of nitrogens with one attached hydrogen (secondary N) is 5. The van der Waals surface area contributed by atoms with Gasteiger partial charge in [-0.1, -0.05) is 63.9 Å². The predicted octanol–water partition coefficient (Wildman–Crippen LogP) is 10.1. The van der Waals surface area contributed by atoms with E-state index >= 15 is 4.39 Å². The Bertz CT molecular complexity index is 3370. The molecule has 0 unspecified atom stereocenters. The molecule has 22 nitrogen and oxygen atoms in total. The molecule has 93 heavy (non-hydrogen) atoms. The number of halogens is 1. The van der Waals surface area contributed by atoms with Crippen molar-refractivity contribution < 1.29 is 57.2 Å². The van der Waals surface area contributed by atoms with Crippen LogP contribution in [0.2, 0.25) is 0 Å². The number of piperidine rings is 1. The maximum Gasteiger partial charge on any atom is 0.410 e. The average Bonchev–Trinajstić information content (AvgIpc) is 1.78. The summed E-state index contributed by atoms with van der Waals surface area (Å²) in [5, 5.41) is 30.6. The number of likely N-dealkylation sites (tertiary alicyclic amines) is 2. The van der Waals surface area contributed by atoms with Crippen LogP contribution in [0.5, 0.6) is 5.75 Å². The van der Waals surface area contributed by atoms with Crippen LogP contribution in [0.1, 0.15) is 145 Å². The van der Waals surface area contributed by atoms with E-state index in [9.17, 15) is 29.1 Å². The third-order valence-electron chi connectivity index (χ3n) is 16.2. The lowest BCUT2D eigenvalue weighted by Crippen LogP contribution is -2.57. The van der Waals surface area contributed by atoms with Gasteiger partial charge >= 0.3 is 6.09 Å². The molecule has 24 heteroatoms. The molecule has 3 aromatic carbocycles. The van der Waals surface area contributed by atoms with Gasteiger partial charge < -0.3 is 59.9 Å². The van der Waals surface area contributed by atoms with Crippen LogP contribution in [-0.2, 0) is 52.0 Å². The number of aliphatic hydroxyl groups is 1. The Morgan fingerprint density at radius 3 is 2.13 bits per heavy atom. The molecule has 0 radical (unpaired) electrons. The lowest BCUT2D eigenvalue weighted by atomic mass is 9.85. The number of β-amino-alcohol motifs (C(OH)–C–C–N with tert-alkyl or cyclic N) is 1. The quantitative estimate of drug-likeness (QED) is 0.0209. The number of carbonyl (C=O) groups is 5. The predicted molar refractivity (Wildman–Crippen MR) is 352 cm³/mol. The molecule has 6 N–H and O–H groups in total. The number of nitrogens with zero attached hydrogens (tertiary/aromatic N) is 6. The van der Waals surface area contributed by atoms with Crippen LogP contribution in [0.4, 0.5) is 14.9 Å². The van der Waals surface area contributed by atoms with Crippen LogP contribution in [0.3, 0.4) is 0 Å². The largest absolute Gasteiger partial charge is 0.494 e. The van der Waals surface area contributed by atoms with Crippen molar-refractivity contribution in [3.8, 4) is 27.6 Å². The Balaban J connectivity index is 0.642. The molecule has 0 bridgehead atoms. The molecule has 5 amide bonds. The van der Waals surface area contributed by atoms with Gasteiger partial charge in [0.2, 0.25) is 17.7 Å². The van der Waals surface area contributed by atoms with E-state index in [1.54, 1.807) is 59.0 Å². The summed E-state index contributed by atoms with van der Waals surface area (Å²) in [4.78, 5) is 84.8. The number of aryl methyl sites for hydroxylation is 1. The molecule has 8 rings (SSSR count). The normalized spacial score (nSPS) is 16.0. The third-order valence-corrected chi connectivity index (χ3v) is 17.2. The zero-order valence-corrected chi connectivity index (χ0v) is 55.5. The molecule has 3 aromatic heterocycles. The van der Waals surface area contributed by atoms with Gasteiger partial charge in [-0.25, -0.2) is 19.2 Å². The number of anilines is 1. The zero-order valence-electron chi connectivity index (χ0n) is 54.7. The number of amides is 5. The fourth-order valence-corrected chi connectivity index (χ4v) is 11.9. The molecular formula is C69H92FN11O11S. The van der Waals surface area contributed by atoms with Crippen molar-refractivity contribution in [3.63, 3.8) is 0 Å². The number of pyridine rings is 1. The van der Waals surface area contributed by atoms with Crippen molar-refractivity contribution in [2.24, 2.45) is 5.41 Å². The monoisotopic (exact) mass is 1300 g/mol. The number of benzene rings is 3. The molecule has 0 aliphatic carbocycles. The maximum atomic E-state index is 15.1. The van der Waals surface area contributed by atoms with Crippen molar-refractivity contribution in [2.75, 3.05) is 71.2 Å². The molecule has 2 aliphatic rings. The number of carbonyl (C=O) groups excluding carboxylic acids is 5. The Morgan fingerprint density at radius 1 is 0.785 bits per heavy atom. The third kappa shape index (κ3) is 21.6. The summed E-state index contributed by atoms with van der Waals surface area (Å²) >= 11 is 1.57. The maximum absolute atomic E-state index is 15.1. The second-order valence-corrected chi connectivity index (χ2v) is 26.6. The van der Waals surface area contributed by atoms with E-state index in [1.165, 1.54) is 11.0 Å². The molecule has 6 aromatic rings. The molecule has 2 aliphatic heterocycles. The smallest absolute Gasteiger partial charge is 0.410 e. The second-order valence-electron chi connectivity index (χ2n) is 25.8. The van der Waals surface area contributed by atoms with E-state index in [1.807, 2.05) is 96.4 Å². The van der Waals surface area contributed by atoms with Crippen LogP contribution >= 0.6 is 11.3 Å². The number of hydrogen-bond donors (Lipinski definition) is 6. The van der Waals surface area contributed by atoms with Crippen LogP contribution in [-0.4, -0.2) is 159 Å². The molecule has 0 saturated carbocycles. The van der Waals surface area contributed by atoms with E-state index in [0.717, 1.165) is 65.8 Å². The number of H-pyrrole nitrogens is 1. The van der Waals surface area contributed by atoms with Crippen LogP contribution in [0.25, 0.3) is 21.8 Å². The van der Waals surface area contributed by atoms with E-state index in [4.69, 9.17) is 28.7 Å². The molecule has 3 atom stereocenters. The topological polar surface area (TPSA) is 274 Å². The van der Waals surface area contributed by atoms with Gasteiger partial charge in [0.05, 0.1) is 55.2 Å². The van der Waals surface area contributed by atoms with Crippen molar-refractivity contribution in [1.82, 2.24) is 50.9 Å². The van der Waals surface area contributed by atoms with E-state index < -0.39 is 40.6 Å². The standard InChI is InChI=1S/C69H92FN11O11S/c1-47-59(93-46-74-47)49-21-19-48(20-22-49)43-72-63(85)57-42-54(82)45-81(57)64(86)60(67(2,3)4)75-58(83)18-11-10-13-34-89-37-39-90-38-36-88-33-12-8-9-14-35-91-55-23-24-56(70)52(41-55)44-73-62(84)51-16-15-17-53(40-51)77-69(27-31-80(32-28-69)66(87)92-68(5,6)7)65-76-61(78-79-65)50-25-29-71-30-26-50/h15-17,19-26,29-30,40-41,46,54,57,60,77,82H,8-14,18,27-28,31-39,42-45H2,1-7H3,(H,72,85)(H,73,84)(H,75,83)(H,76,78,79)/t54-,57+,60+/m1/s1. The minimum absolute atomic E-state index is 0.00972. The van der Waals surface area contributed by atoms with Crippen molar-refractivity contribution in [3.05, 3.63) is 131 Å². The highest BCUT2D eigenvalue weighted by Crippen LogP contribution is 2.37. The number of aromatic amines is 1. The van der Waals surface area contributed by atoms with Crippen molar-refractivity contribution >= 4 is 46.7 Å². The number of aliphatic hydroxyl groups excluding tert-OH is 1. The summed E-state index contributed by atoms with van der Waals surface area (Å²) in [5.41, 5.74) is 4.79. The first-order chi connectivity index (χ1) is 44.6. The number of hydrogen-bond acceptors (Lipinski definition) is 17. The highest BCUT2D eigenvalue weighted by atomic mass is 32.1. The molecular weight excluding hydrogens is 1210 g/mol. The van der Waals surface area contributed by atoms with Gasteiger partial charge in [-0.2, -0.15) is 5.10 Å². The zero-order chi connectivity index (χ0) is 66.4. The van der Waals surface area contributed by atoms with Crippen LogP contribution in [0, 0.1) is 18.2 Å². The SMILES string of the molecule is Cc1ncsc1-c1ccc(CNC(=O)[C@@H]2C[C@@H](O)CN2C(=O)[C@H](NC(=O)CCCCCOCCOCCOCCCCCCOc2ccc(F)c(CNC(=O)c3cccc(NC4(c5nc(-c6ccncc6)n[nH]5)CCN(C(=O)OC(C)(C)C)CC4)c3)c2)C(C)(C)C)cc1. The van der Waals surface area contributed by atoms with E-state index in [-0.39, 0.29) is 62.2 Å². The molecule has 2 fully saturated rings. The summed E-state index contributed by atoms with van der Waals surface area (Å²) in [6, 6.07) is 21.4. The minimum atomic E-state index is -0.886. The average molecular weight is 1300 g/mol. The fraction of sp³-hybridized carbons (Fsp3) is 0.522. The van der Waals surface area contributed by atoms with Crippen LogP contribution < -0.4 is 26.0 Å². The van der Waals surface area contributed by atoms with Crippen molar-refractivity contribution in [2.45, 2.75) is 162 Å². The number of rotatable bonds is 33. The summed E-state index contributed by atoms with van der Waals surface area (Å²) in [7, 11) is 0. The van der Waals surface area contributed by atoms with Gasteiger partial charge in [0.15, 0.2) is 11.6 Å². The summed E-state index contributed by atoms with van der Waals surface area (Å²) < 4.78 is 43.8. The Morgan fingerprint density at radius 2 is 1.46 bits per heavy atom. The fourth-order valence-electron chi connectivity index (χ4n) is 11.1. The van der Waals surface area contributed by atoms with Gasteiger partial charge in [-0.05, 0) is 138 Å². The molecule has 5 heterocycles. The Kier molecular flexibility index (Phi) is 26.2. The number of ether oxygens (including phenoxy) is 5. The van der Waals surface area contributed by atoms with E-state index in [0.29, 0.717) is 113 Å². The van der Waals surface area contributed by atoms with Crippen LogP contribution in [0.15, 0.2) is 96.8 Å². The summed E-state index contributed by atoms with van der Waals surface area (Å²) in [6.07, 6.45) is 9.14. The van der Waals surface area contributed by atoms with Gasteiger partial charge in [0.25, 0.3) is 5.91 Å². The first-order valence-electron chi connectivity index (χ1n) is 32.3. The van der Waals surface area contributed by atoms with E-state index in [2.05, 4.69) is 41.4 Å².